The molecule has 1 saturated carbocycles. The summed E-state index contributed by atoms with van der Waals surface area (Å²) >= 11 is 0. The molecule has 1 saturated heterocycles. The van der Waals surface area contributed by atoms with Gasteiger partial charge in [0.15, 0.2) is 0 Å². The van der Waals surface area contributed by atoms with Crippen molar-refractivity contribution in [3.05, 3.63) is 0 Å². The van der Waals surface area contributed by atoms with E-state index >= 15 is 0 Å². The number of rotatable bonds is 6. The van der Waals surface area contributed by atoms with Gasteiger partial charge in [0.05, 0.1) is 6.54 Å². The molecule has 2 aliphatic rings. The Morgan fingerprint density at radius 1 is 1.33 bits per heavy atom. The second-order valence-corrected chi connectivity index (χ2v) is 5.91. The number of piperidine rings is 1. The van der Waals surface area contributed by atoms with E-state index in [9.17, 15) is 0 Å². The highest BCUT2D eigenvalue weighted by Gasteiger charge is 2.29. The van der Waals surface area contributed by atoms with Crippen molar-refractivity contribution >= 4 is 0 Å². The maximum Gasteiger partial charge on any atom is 0.0598 e. The van der Waals surface area contributed by atoms with Gasteiger partial charge < -0.3 is 5.32 Å². The minimum Gasteiger partial charge on any atom is -0.312 e. The van der Waals surface area contributed by atoms with Crippen molar-refractivity contribution in [1.29, 1.82) is 0 Å². The summed E-state index contributed by atoms with van der Waals surface area (Å²) in [4.78, 5) is 4.90. The summed E-state index contributed by atoms with van der Waals surface area (Å²) in [6.07, 6.45) is 10.6. The summed E-state index contributed by atoms with van der Waals surface area (Å²) in [5.74, 6) is 2.74. The minimum atomic E-state index is 0.654. The van der Waals surface area contributed by atoms with Crippen molar-refractivity contribution in [2.75, 3.05) is 33.2 Å². The minimum absolute atomic E-state index is 0.654. The predicted molar refractivity (Wildman–Crippen MR) is 76.5 cm³/mol. The van der Waals surface area contributed by atoms with E-state index in [1.807, 2.05) is 0 Å². The Balaban J connectivity index is 1.61. The van der Waals surface area contributed by atoms with Crippen LogP contribution in [0.2, 0.25) is 0 Å². The first-order chi connectivity index (χ1) is 8.70. The lowest BCUT2D eigenvalue weighted by Crippen LogP contribution is -2.47. The van der Waals surface area contributed by atoms with Gasteiger partial charge in [0.1, 0.15) is 0 Å². The molecule has 0 aromatic carbocycles. The van der Waals surface area contributed by atoms with Crippen molar-refractivity contribution in [1.82, 2.24) is 15.1 Å². The molecule has 1 N–H and O–H groups in total. The molecule has 1 aliphatic carbocycles. The molecule has 3 nitrogen and oxygen atoms in total. The lowest BCUT2D eigenvalue weighted by Gasteiger charge is -2.33. The molecule has 18 heavy (non-hydrogen) atoms. The highest BCUT2D eigenvalue weighted by atomic mass is 15.2. The van der Waals surface area contributed by atoms with Gasteiger partial charge in [-0.3, -0.25) is 9.80 Å². The van der Waals surface area contributed by atoms with E-state index in [1.54, 1.807) is 0 Å². The smallest absolute Gasteiger partial charge is 0.0598 e. The van der Waals surface area contributed by atoms with E-state index in [-0.39, 0.29) is 0 Å². The zero-order valence-electron chi connectivity index (χ0n) is 11.9. The lowest BCUT2D eigenvalue weighted by molar-refractivity contribution is 0.196. The van der Waals surface area contributed by atoms with Crippen LogP contribution in [0.5, 0.6) is 0 Å². The Labute approximate surface area is 112 Å². The molecule has 1 heterocycles. The third-order valence-corrected chi connectivity index (χ3v) is 4.42. The van der Waals surface area contributed by atoms with Gasteiger partial charge in [-0.05, 0) is 39.7 Å². The number of hydrogen-bond acceptors (Lipinski definition) is 3. The number of nitrogens with one attached hydrogen (secondary N) is 1. The molecule has 0 aromatic heterocycles. The highest BCUT2D eigenvalue weighted by Crippen LogP contribution is 2.26. The normalized spacial score (nSPS) is 24.1. The van der Waals surface area contributed by atoms with Crippen LogP contribution in [0.4, 0.5) is 0 Å². The first-order valence-corrected chi connectivity index (χ1v) is 7.32. The van der Waals surface area contributed by atoms with Crippen molar-refractivity contribution in [3.63, 3.8) is 0 Å². The Morgan fingerprint density at radius 2 is 2.00 bits per heavy atom. The first kappa shape index (κ1) is 13.9. The van der Waals surface area contributed by atoms with Crippen molar-refractivity contribution < 1.29 is 0 Å². The molecule has 1 aliphatic heterocycles. The van der Waals surface area contributed by atoms with Crippen molar-refractivity contribution in [3.8, 4) is 12.3 Å². The Bertz CT molecular complexity index is 285. The molecule has 0 amide bonds. The largest absolute Gasteiger partial charge is 0.312 e. The molecule has 0 radical (unpaired) electrons. The summed E-state index contributed by atoms with van der Waals surface area (Å²) in [6, 6.07) is 2.20. The van der Waals surface area contributed by atoms with Crippen LogP contribution in [0, 0.1) is 12.3 Å². The number of likely N-dealkylation sites (N-methyl/N-ethyl adjacent to an activating group) is 1. The Hall–Kier alpha value is -0.560. The standard InChI is InChI=1S/C15H27N3/c1-4-9-18-10-7-14(8-11-18)16-12-13(2)17(3)15-5-6-15/h1,13-16H,5-12H2,2-3H3. The van der Waals surface area contributed by atoms with Crippen LogP contribution in [-0.2, 0) is 0 Å². The molecular formula is C15H27N3. The van der Waals surface area contributed by atoms with Crippen molar-refractivity contribution in [2.45, 2.75) is 50.7 Å². The second kappa shape index (κ2) is 6.56. The van der Waals surface area contributed by atoms with Gasteiger partial charge in [-0.2, -0.15) is 0 Å². The molecule has 2 rings (SSSR count). The first-order valence-electron chi connectivity index (χ1n) is 7.32. The summed E-state index contributed by atoms with van der Waals surface area (Å²) in [7, 11) is 2.26. The zero-order valence-corrected chi connectivity index (χ0v) is 11.9. The summed E-state index contributed by atoms with van der Waals surface area (Å²) in [6.45, 7) is 6.56. The second-order valence-electron chi connectivity index (χ2n) is 5.91. The number of hydrogen-bond donors (Lipinski definition) is 1. The van der Waals surface area contributed by atoms with Crippen LogP contribution in [0.25, 0.3) is 0 Å². The van der Waals surface area contributed by atoms with E-state index in [4.69, 9.17) is 6.42 Å². The molecule has 0 spiro atoms. The Kier molecular flexibility index (Phi) is 5.05. The molecule has 3 heteroatoms. The fourth-order valence-electron chi connectivity index (χ4n) is 2.75. The van der Waals surface area contributed by atoms with E-state index in [2.05, 4.69) is 35.0 Å². The predicted octanol–water partition coefficient (Wildman–Crippen LogP) is 1.16. The van der Waals surface area contributed by atoms with Crippen LogP contribution in [0.15, 0.2) is 0 Å². The summed E-state index contributed by atoms with van der Waals surface area (Å²) in [5.41, 5.74) is 0. The number of likely N-dealkylation sites (tertiary alicyclic amines) is 1. The molecule has 0 aromatic rings. The molecule has 0 bridgehead atoms. The van der Waals surface area contributed by atoms with Crippen LogP contribution in [0.1, 0.15) is 32.6 Å². The van der Waals surface area contributed by atoms with Gasteiger partial charge in [0.25, 0.3) is 0 Å². The van der Waals surface area contributed by atoms with E-state index in [0.717, 1.165) is 32.2 Å². The third-order valence-electron chi connectivity index (χ3n) is 4.42. The molecule has 1 atom stereocenters. The maximum atomic E-state index is 5.35. The topological polar surface area (TPSA) is 18.5 Å². The van der Waals surface area contributed by atoms with Crippen LogP contribution in [0.3, 0.4) is 0 Å². The average molecular weight is 249 g/mol. The van der Waals surface area contributed by atoms with E-state index < -0.39 is 0 Å². The number of nitrogens with zero attached hydrogens (tertiary/aromatic N) is 2. The highest BCUT2D eigenvalue weighted by molar-refractivity contribution is 4.91. The summed E-state index contributed by atoms with van der Waals surface area (Å²) in [5, 5.41) is 3.73. The monoisotopic (exact) mass is 249 g/mol. The fraction of sp³-hybridized carbons (Fsp3) is 0.867. The molecule has 102 valence electrons. The van der Waals surface area contributed by atoms with E-state index in [1.165, 1.54) is 25.7 Å². The van der Waals surface area contributed by atoms with Crippen molar-refractivity contribution in [2.24, 2.45) is 0 Å². The Morgan fingerprint density at radius 3 is 2.56 bits per heavy atom. The van der Waals surface area contributed by atoms with E-state index in [0.29, 0.717) is 12.1 Å². The number of terminal acetylenes is 1. The van der Waals surface area contributed by atoms with Gasteiger partial charge in [0, 0.05) is 37.8 Å². The van der Waals surface area contributed by atoms with Gasteiger partial charge in [-0.15, -0.1) is 6.42 Å². The fourth-order valence-corrected chi connectivity index (χ4v) is 2.75. The quantitative estimate of drug-likeness (QED) is 0.713. The average Bonchev–Trinajstić information content (AvgIpc) is 3.21. The molecule has 1 unspecified atom stereocenters. The van der Waals surface area contributed by atoms with Gasteiger partial charge in [-0.25, -0.2) is 0 Å². The zero-order chi connectivity index (χ0) is 13.0. The van der Waals surface area contributed by atoms with Gasteiger partial charge in [0.2, 0.25) is 0 Å². The van der Waals surface area contributed by atoms with Crippen LogP contribution < -0.4 is 5.32 Å². The van der Waals surface area contributed by atoms with Crippen LogP contribution in [-0.4, -0.2) is 61.2 Å². The molecular weight excluding hydrogens is 222 g/mol. The molecule has 2 fully saturated rings. The SMILES string of the molecule is C#CCN1CCC(NCC(C)N(C)C2CC2)CC1. The maximum absolute atomic E-state index is 5.35. The van der Waals surface area contributed by atoms with Crippen LogP contribution >= 0.6 is 0 Å². The van der Waals surface area contributed by atoms with Gasteiger partial charge in [-0.1, -0.05) is 5.92 Å². The van der Waals surface area contributed by atoms with Gasteiger partial charge >= 0.3 is 0 Å². The summed E-state index contributed by atoms with van der Waals surface area (Å²) < 4.78 is 0. The third kappa shape index (κ3) is 3.98. The lowest BCUT2D eigenvalue weighted by atomic mass is 10.0.